The van der Waals surface area contributed by atoms with Crippen molar-refractivity contribution < 1.29 is 4.52 Å². The molecule has 4 heteroatoms. The van der Waals surface area contributed by atoms with Crippen molar-refractivity contribution in [1.82, 2.24) is 10.5 Å². The van der Waals surface area contributed by atoms with Gasteiger partial charge in [-0.15, -0.1) is 0 Å². The monoisotopic (exact) mass is 172 g/mol. The first-order valence-electron chi connectivity index (χ1n) is 3.28. The standard InChI is InChI=1S/C7H9ClN2O/c8-3-1-4-9-6-7-2-5-11-10-7/h1-3,5,9H,4,6H2/b3-1+. The van der Waals surface area contributed by atoms with E-state index in [2.05, 4.69) is 15.0 Å². The van der Waals surface area contributed by atoms with Gasteiger partial charge < -0.3 is 9.84 Å². The van der Waals surface area contributed by atoms with E-state index in [1.165, 1.54) is 5.54 Å². The average Bonchev–Trinajstić information content (AvgIpc) is 2.50. The van der Waals surface area contributed by atoms with Crippen molar-refractivity contribution in [3.05, 3.63) is 29.6 Å². The van der Waals surface area contributed by atoms with E-state index in [0.717, 1.165) is 12.2 Å². The van der Waals surface area contributed by atoms with E-state index in [4.69, 9.17) is 11.6 Å². The Hall–Kier alpha value is -0.800. The zero-order chi connectivity index (χ0) is 7.94. The molecule has 0 aromatic carbocycles. The van der Waals surface area contributed by atoms with Crippen molar-refractivity contribution in [3.63, 3.8) is 0 Å². The predicted octanol–water partition coefficient (Wildman–Crippen LogP) is 1.52. The van der Waals surface area contributed by atoms with Gasteiger partial charge in [-0.05, 0) is 0 Å². The first-order valence-corrected chi connectivity index (χ1v) is 3.72. The van der Waals surface area contributed by atoms with Gasteiger partial charge in [0.05, 0.1) is 5.69 Å². The van der Waals surface area contributed by atoms with Gasteiger partial charge in [-0.25, -0.2) is 0 Å². The van der Waals surface area contributed by atoms with E-state index in [9.17, 15) is 0 Å². The highest BCUT2D eigenvalue weighted by molar-refractivity contribution is 6.25. The highest BCUT2D eigenvalue weighted by atomic mass is 35.5. The molecule has 0 aliphatic carbocycles. The van der Waals surface area contributed by atoms with Crippen LogP contribution in [0.4, 0.5) is 0 Å². The molecule has 0 aliphatic rings. The fourth-order valence-corrected chi connectivity index (χ4v) is 0.746. The van der Waals surface area contributed by atoms with Gasteiger partial charge in [0.2, 0.25) is 0 Å². The lowest BCUT2D eigenvalue weighted by atomic mass is 10.4. The van der Waals surface area contributed by atoms with E-state index in [-0.39, 0.29) is 0 Å². The molecule has 60 valence electrons. The highest BCUT2D eigenvalue weighted by Crippen LogP contribution is 1.92. The summed E-state index contributed by atoms with van der Waals surface area (Å²) >= 11 is 5.31. The Kier molecular flexibility index (Phi) is 3.72. The van der Waals surface area contributed by atoms with Crippen LogP contribution in [0.25, 0.3) is 0 Å². The Morgan fingerprint density at radius 2 is 2.64 bits per heavy atom. The maximum Gasteiger partial charge on any atom is 0.124 e. The van der Waals surface area contributed by atoms with Crippen LogP contribution in [0, 0.1) is 0 Å². The maximum atomic E-state index is 5.31. The van der Waals surface area contributed by atoms with E-state index in [0.29, 0.717) is 6.54 Å². The molecule has 0 fully saturated rings. The van der Waals surface area contributed by atoms with Crippen molar-refractivity contribution in [3.8, 4) is 0 Å². The van der Waals surface area contributed by atoms with Gasteiger partial charge in [-0.2, -0.15) is 0 Å². The first-order chi connectivity index (χ1) is 5.43. The fourth-order valence-electron chi connectivity index (χ4n) is 0.657. The third-order valence-electron chi connectivity index (χ3n) is 1.15. The zero-order valence-electron chi connectivity index (χ0n) is 5.96. The topological polar surface area (TPSA) is 38.1 Å². The van der Waals surface area contributed by atoms with Crippen LogP contribution in [0.5, 0.6) is 0 Å². The molecule has 0 amide bonds. The molecule has 3 nitrogen and oxygen atoms in total. The molecule has 0 spiro atoms. The third kappa shape index (κ3) is 3.20. The van der Waals surface area contributed by atoms with Crippen LogP contribution < -0.4 is 5.32 Å². The van der Waals surface area contributed by atoms with E-state index >= 15 is 0 Å². The van der Waals surface area contributed by atoms with Crippen LogP contribution in [0.2, 0.25) is 0 Å². The Balaban J connectivity index is 2.14. The highest BCUT2D eigenvalue weighted by Gasteiger charge is 1.92. The van der Waals surface area contributed by atoms with Gasteiger partial charge in [0.15, 0.2) is 0 Å². The second kappa shape index (κ2) is 4.93. The Morgan fingerprint density at radius 3 is 3.27 bits per heavy atom. The van der Waals surface area contributed by atoms with Crippen LogP contribution in [-0.4, -0.2) is 11.7 Å². The Labute approximate surface area is 70.0 Å². The van der Waals surface area contributed by atoms with Gasteiger partial charge in [-0.3, -0.25) is 0 Å². The minimum atomic E-state index is 0.706. The van der Waals surface area contributed by atoms with Gasteiger partial charge in [0, 0.05) is 24.7 Å². The molecule has 0 bridgehead atoms. The lowest BCUT2D eigenvalue weighted by Crippen LogP contribution is -2.12. The normalized spacial score (nSPS) is 11.0. The summed E-state index contributed by atoms with van der Waals surface area (Å²) in [6, 6.07) is 1.82. The molecular weight excluding hydrogens is 164 g/mol. The van der Waals surface area contributed by atoms with Crippen molar-refractivity contribution in [2.75, 3.05) is 6.54 Å². The van der Waals surface area contributed by atoms with Crippen LogP contribution in [0.3, 0.4) is 0 Å². The number of hydrogen-bond donors (Lipinski definition) is 1. The molecule has 0 saturated heterocycles. The second-order valence-electron chi connectivity index (χ2n) is 1.98. The molecule has 0 aliphatic heterocycles. The lowest BCUT2D eigenvalue weighted by molar-refractivity contribution is 0.409. The summed E-state index contributed by atoms with van der Waals surface area (Å²) in [5.41, 5.74) is 2.38. The fraction of sp³-hybridized carbons (Fsp3) is 0.286. The number of hydrogen-bond acceptors (Lipinski definition) is 3. The van der Waals surface area contributed by atoms with Crippen LogP contribution in [0.15, 0.2) is 28.5 Å². The smallest absolute Gasteiger partial charge is 0.124 e. The molecular formula is C7H9ClN2O. The molecule has 0 atom stereocenters. The summed E-state index contributed by atoms with van der Waals surface area (Å²) in [5.74, 6) is 0. The number of nitrogens with one attached hydrogen (secondary N) is 1. The van der Waals surface area contributed by atoms with Crippen LogP contribution in [-0.2, 0) is 6.54 Å². The molecule has 0 saturated carbocycles. The summed E-state index contributed by atoms with van der Waals surface area (Å²) in [5, 5.41) is 6.81. The molecule has 1 rings (SSSR count). The van der Waals surface area contributed by atoms with E-state index in [1.54, 1.807) is 6.26 Å². The summed E-state index contributed by atoms with van der Waals surface area (Å²) in [4.78, 5) is 0. The minimum Gasteiger partial charge on any atom is -0.364 e. The summed E-state index contributed by atoms with van der Waals surface area (Å²) in [7, 11) is 0. The molecule has 1 N–H and O–H groups in total. The molecule has 1 heterocycles. The molecule has 0 unspecified atom stereocenters. The Bertz CT molecular complexity index is 208. The SMILES string of the molecule is Cl/C=C/CNCc1ccon1. The summed E-state index contributed by atoms with van der Waals surface area (Å²) < 4.78 is 4.64. The number of nitrogens with zero attached hydrogens (tertiary/aromatic N) is 1. The molecule has 11 heavy (non-hydrogen) atoms. The number of rotatable bonds is 4. The number of aromatic nitrogens is 1. The van der Waals surface area contributed by atoms with Gasteiger partial charge in [0.1, 0.15) is 6.26 Å². The van der Waals surface area contributed by atoms with Gasteiger partial charge >= 0.3 is 0 Å². The van der Waals surface area contributed by atoms with Crippen LogP contribution >= 0.6 is 11.6 Å². The van der Waals surface area contributed by atoms with E-state index < -0.39 is 0 Å². The lowest BCUT2D eigenvalue weighted by Gasteiger charge is -1.94. The van der Waals surface area contributed by atoms with E-state index in [1.807, 2.05) is 12.1 Å². The molecule has 1 aromatic heterocycles. The average molecular weight is 173 g/mol. The quantitative estimate of drug-likeness (QED) is 0.700. The summed E-state index contributed by atoms with van der Waals surface area (Å²) in [6.45, 7) is 1.45. The third-order valence-corrected chi connectivity index (χ3v) is 1.33. The van der Waals surface area contributed by atoms with Gasteiger partial charge in [0.25, 0.3) is 0 Å². The van der Waals surface area contributed by atoms with Crippen molar-refractivity contribution in [2.45, 2.75) is 6.54 Å². The zero-order valence-corrected chi connectivity index (χ0v) is 6.71. The van der Waals surface area contributed by atoms with Crippen LogP contribution in [0.1, 0.15) is 5.69 Å². The Morgan fingerprint density at radius 1 is 1.73 bits per heavy atom. The predicted molar refractivity (Wildman–Crippen MR) is 43.2 cm³/mol. The minimum absolute atomic E-state index is 0.706. The first kappa shape index (κ1) is 8.30. The summed E-state index contributed by atoms with van der Waals surface area (Å²) in [6.07, 6.45) is 3.37. The molecule has 0 radical (unpaired) electrons. The van der Waals surface area contributed by atoms with Crippen molar-refractivity contribution in [1.29, 1.82) is 0 Å². The van der Waals surface area contributed by atoms with Crippen molar-refractivity contribution in [2.24, 2.45) is 0 Å². The second-order valence-corrected chi connectivity index (χ2v) is 2.24. The number of halogens is 1. The van der Waals surface area contributed by atoms with Gasteiger partial charge in [-0.1, -0.05) is 22.8 Å². The maximum absolute atomic E-state index is 5.31. The van der Waals surface area contributed by atoms with Crippen molar-refractivity contribution >= 4 is 11.6 Å². The molecule has 1 aromatic rings. The largest absolute Gasteiger partial charge is 0.364 e.